The second-order valence-electron chi connectivity index (χ2n) is 4.05. The Morgan fingerprint density at radius 1 is 1.39 bits per heavy atom. The molecule has 4 nitrogen and oxygen atoms in total. The molecule has 0 amide bonds. The summed E-state index contributed by atoms with van der Waals surface area (Å²) in [6.07, 6.45) is 4.60. The summed E-state index contributed by atoms with van der Waals surface area (Å²) >= 11 is 1.61. The fraction of sp³-hybridized carbons (Fsp3) is 0.385. The third kappa shape index (κ3) is 3.04. The van der Waals surface area contributed by atoms with Crippen LogP contribution in [0.15, 0.2) is 32.9 Å². The molecule has 0 saturated heterocycles. The first kappa shape index (κ1) is 13.0. The van der Waals surface area contributed by atoms with Gasteiger partial charge in [-0.15, -0.1) is 0 Å². The van der Waals surface area contributed by atoms with Gasteiger partial charge in [0.2, 0.25) is 5.95 Å². The Labute approximate surface area is 111 Å². The van der Waals surface area contributed by atoms with Crippen molar-refractivity contribution in [3.05, 3.63) is 29.9 Å². The fourth-order valence-electron chi connectivity index (χ4n) is 1.44. The summed E-state index contributed by atoms with van der Waals surface area (Å²) in [5, 5.41) is 4.16. The van der Waals surface area contributed by atoms with E-state index in [9.17, 15) is 0 Å². The third-order valence-corrected chi connectivity index (χ3v) is 3.73. The predicted octanol–water partition coefficient (Wildman–Crippen LogP) is 3.66. The summed E-state index contributed by atoms with van der Waals surface area (Å²) in [6, 6.07) is 1.96. The van der Waals surface area contributed by atoms with Crippen molar-refractivity contribution in [3.8, 4) is 0 Å². The molecule has 0 aliphatic carbocycles. The highest BCUT2D eigenvalue weighted by Gasteiger charge is 2.09. The SMILES string of the molecule is CCCNc1ncc(C)c(Sc2ccoc2C)n1. The van der Waals surface area contributed by atoms with E-state index in [-0.39, 0.29) is 0 Å². The van der Waals surface area contributed by atoms with E-state index in [1.54, 1.807) is 18.0 Å². The van der Waals surface area contributed by atoms with Crippen LogP contribution in [0.4, 0.5) is 5.95 Å². The van der Waals surface area contributed by atoms with E-state index in [4.69, 9.17) is 4.42 Å². The van der Waals surface area contributed by atoms with Gasteiger partial charge in [0.25, 0.3) is 0 Å². The zero-order valence-corrected chi connectivity index (χ0v) is 11.7. The lowest BCUT2D eigenvalue weighted by Gasteiger charge is -2.07. The number of nitrogens with zero attached hydrogens (tertiary/aromatic N) is 2. The maximum atomic E-state index is 5.29. The van der Waals surface area contributed by atoms with Gasteiger partial charge >= 0.3 is 0 Å². The van der Waals surface area contributed by atoms with E-state index in [2.05, 4.69) is 22.2 Å². The Bertz CT molecular complexity index is 525. The number of aryl methyl sites for hydroxylation is 2. The second kappa shape index (κ2) is 5.91. The van der Waals surface area contributed by atoms with Gasteiger partial charge < -0.3 is 9.73 Å². The molecule has 0 spiro atoms. The van der Waals surface area contributed by atoms with Gasteiger partial charge in [-0.3, -0.25) is 0 Å². The van der Waals surface area contributed by atoms with Crippen molar-refractivity contribution in [2.24, 2.45) is 0 Å². The molecule has 0 saturated carbocycles. The number of rotatable bonds is 5. The number of furan rings is 1. The van der Waals surface area contributed by atoms with Gasteiger partial charge in [0.15, 0.2) is 0 Å². The fourth-order valence-corrected chi connectivity index (χ4v) is 2.30. The molecule has 0 atom stereocenters. The maximum Gasteiger partial charge on any atom is 0.223 e. The molecule has 2 aromatic rings. The lowest BCUT2D eigenvalue weighted by Crippen LogP contribution is -2.05. The van der Waals surface area contributed by atoms with Crippen molar-refractivity contribution in [1.82, 2.24) is 9.97 Å². The van der Waals surface area contributed by atoms with Crippen LogP contribution in [0, 0.1) is 13.8 Å². The van der Waals surface area contributed by atoms with Crippen LogP contribution in [-0.2, 0) is 0 Å². The number of aromatic nitrogens is 2. The first-order valence-electron chi connectivity index (χ1n) is 6.00. The molecular weight excluding hydrogens is 246 g/mol. The molecule has 2 rings (SSSR count). The minimum Gasteiger partial charge on any atom is -0.468 e. The molecule has 0 fully saturated rings. The summed E-state index contributed by atoms with van der Waals surface area (Å²) in [4.78, 5) is 9.89. The average Bonchev–Trinajstić information content (AvgIpc) is 2.76. The summed E-state index contributed by atoms with van der Waals surface area (Å²) in [7, 11) is 0. The van der Waals surface area contributed by atoms with Gasteiger partial charge in [-0.25, -0.2) is 9.97 Å². The molecule has 96 valence electrons. The molecule has 2 aromatic heterocycles. The maximum absolute atomic E-state index is 5.29. The van der Waals surface area contributed by atoms with Crippen molar-refractivity contribution >= 4 is 17.7 Å². The van der Waals surface area contributed by atoms with Crippen LogP contribution in [0.3, 0.4) is 0 Å². The normalized spacial score (nSPS) is 10.6. The molecular formula is C13H17N3OS. The van der Waals surface area contributed by atoms with Gasteiger partial charge in [0.05, 0.1) is 11.2 Å². The van der Waals surface area contributed by atoms with E-state index < -0.39 is 0 Å². The molecule has 0 radical (unpaired) electrons. The predicted molar refractivity (Wildman–Crippen MR) is 73.1 cm³/mol. The molecule has 18 heavy (non-hydrogen) atoms. The monoisotopic (exact) mass is 263 g/mol. The number of hydrogen-bond donors (Lipinski definition) is 1. The van der Waals surface area contributed by atoms with Gasteiger partial charge in [-0.1, -0.05) is 18.7 Å². The van der Waals surface area contributed by atoms with Gasteiger partial charge in [-0.05, 0) is 26.3 Å². The standard InChI is InChI=1S/C13H17N3OS/c1-4-6-14-13-15-8-9(2)12(16-13)18-11-5-7-17-10(11)3/h5,7-8H,4,6H2,1-3H3,(H,14,15,16). The Kier molecular flexibility index (Phi) is 4.25. The molecule has 2 heterocycles. The van der Waals surface area contributed by atoms with Gasteiger partial charge in [0.1, 0.15) is 10.8 Å². The van der Waals surface area contributed by atoms with Crippen LogP contribution >= 0.6 is 11.8 Å². The Morgan fingerprint density at radius 3 is 2.89 bits per heavy atom. The van der Waals surface area contributed by atoms with Crippen LogP contribution in [0.2, 0.25) is 0 Å². The lowest BCUT2D eigenvalue weighted by atomic mass is 10.4. The Balaban J connectivity index is 2.18. The molecule has 0 aliphatic rings. The van der Waals surface area contributed by atoms with Gasteiger partial charge in [0, 0.05) is 18.3 Å². The zero-order valence-electron chi connectivity index (χ0n) is 10.9. The van der Waals surface area contributed by atoms with E-state index in [0.29, 0.717) is 5.95 Å². The highest BCUT2D eigenvalue weighted by atomic mass is 32.2. The van der Waals surface area contributed by atoms with Crippen LogP contribution in [-0.4, -0.2) is 16.5 Å². The molecule has 0 unspecified atom stereocenters. The van der Waals surface area contributed by atoms with E-state index in [1.165, 1.54) is 0 Å². The van der Waals surface area contributed by atoms with E-state index >= 15 is 0 Å². The quantitative estimate of drug-likeness (QED) is 0.834. The Morgan fingerprint density at radius 2 is 2.22 bits per heavy atom. The number of anilines is 1. The smallest absolute Gasteiger partial charge is 0.223 e. The molecule has 0 bridgehead atoms. The van der Waals surface area contributed by atoms with Crippen LogP contribution in [0.5, 0.6) is 0 Å². The Hall–Kier alpha value is -1.49. The number of hydrogen-bond acceptors (Lipinski definition) is 5. The van der Waals surface area contributed by atoms with E-state index in [0.717, 1.165) is 34.2 Å². The molecule has 1 N–H and O–H groups in total. The number of nitrogens with one attached hydrogen (secondary N) is 1. The van der Waals surface area contributed by atoms with Crippen molar-refractivity contribution in [2.75, 3.05) is 11.9 Å². The molecule has 5 heteroatoms. The van der Waals surface area contributed by atoms with E-state index in [1.807, 2.05) is 26.1 Å². The molecule has 0 aromatic carbocycles. The highest BCUT2D eigenvalue weighted by molar-refractivity contribution is 7.99. The average molecular weight is 263 g/mol. The largest absolute Gasteiger partial charge is 0.468 e. The highest BCUT2D eigenvalue weighted by Crippen LogP contribution is 2.31. The third-order valence-electron chi connectivity index (χ3n) is 2.48. The van der Waals surface area contributed by atoms with Crippen molar-refractivity contribution < 1.29 is 4.42 Å². The van der Waals surface area contributed by atoms with Crippen LogP contribution in [0.25, 0.3) is 0 Å². The first-order chi connectivity index (χ1) is 8.70. The summed E-state index contributed by atoms with van der Waals surface area (Å²) in [5.74, 6) is 1.60. The zero-order chi connectivity index (χ0) is 13.0. The minimum absolute atomic E-state index is 0.686. The van der Waals surface area contributed by atoms with Crippen LogP contribution in [0.1, 0.15) is 24.7 Å². The second-order valence-corrected chi connectivity index (χ2v) is 5.08. The van der Waals surface area contributed by atoms with Crippen molar-refractivity contribution in [3.63, 3.8) is 0 Å². The van der Waals surface area contributed by atoms with Crippen molar-refractivity contribution in [1.29, 1.82) is 0 Å². The topological polar surface area (TPSA) is 51.0 Å². The minimum atomic E-state index is 0.686. The van der Waals surface area contributed by atoms with Crippen molar-refractivity contribution in [2.45, 2.75) is 37.1 Å². The summed E-state index contributed by atoms with van der Waals surface area (Å²) in [6.45, 7) is 6.97. The first-order valence-corrected chi connectivity index (χ1v) is 6.81. The summed E-state index contributed by atoms with van der Waals surface area (Å²) < 4.78 is 5.29. The van der Waals surface area contributed by atoms with Gasteiger partial charge in [-0.2, -0.15) is 0 Å². The van der Waals surface area contributed by atoms with Crippen LogP contribution < -0.4 is 5.32 Å². The summed E-state index contributed by atoms with van der Waals surface area (Å²) in [5.41, 5.74) is 1.07. The molecule has 0 aliphatic heterocycles. The lowest BCUT2D eigenvalue weighted by molar-refractivity contribution is 0.527.